The highest BCUT2D eigenvalue weighted by molar-refractivity contribution is 6.04. The lowest BCUT2D eigenvalue weighted by Gasteiger charge is -2.20. The SMILES string of the molecule is CC(C)(O)Cn1c(NC(=O)c2ccnc(Oc3cccc(O)c3C=O)c2)nc2ccccc21. The molecule has 0 aliphatic carbocycles. The highest BCUT2D eigenvalue weighted by atomic mass is 16.5. The fraction of sp³-hybridized carbons (Fsp3) is 0.167. The lowest BCUT2D eigenvalue weighted by atomic mass is 10.1. The predicted octanol–water partition coefficient (Wildman–Crippen LogP) is 3.76. The molecule has 0 aliphatic rings. The number of hydrogen-bond acceptors (Lipinski definition) is 7. The Morgan fingerprint density at radius 1 is 1.18 bits per heavy atom. The summed E-state index contributed by atoms with van der Waals surface area (Å²) >= 11 is 0. The summed E-state index contributed by atoms with van der Waals surface area (Å²) in [6, 6.07) is 14.7. The largest absolute Gasteiger partial charge is 0.507 e. The molecule has 2 heterocycles. The normalized spacial score (nSPS) is 11.4. The Hall–Kier alpha value is -4.24. The molecule has 9 nitrogen and oxygen atoms in total. The van der Waals surface area contributed by atoms with Crippen molar-refractivity contribution < 1.29 is 24.5 Å². The Morgan fingerprint density at radius 3 is 2.73 bits per heavy atom. The number of phenols is 1. The average molecular weight is 446 g/mol. The average Bonchev–Trinajstić information content (AvgIpc) is 3.09. The summed E-state index contributed by atoms with van der Waals surface area (Å²) in [7, 11) is 0. The minimum absolute atomic E-state index is 0.0190. The minimum Gasteiger partial charge on any atom is -0.507 e. The maximum Gasteiger partial charge on any atom is 0.258 e. The zero-order valence-corrected chi connectivity index (χ0v) is 18.0. The maximum absolute atomic E-state index is 13.0. The number of pyridine rings is 1. The number of ether oxygens (including phenoxy) is 1. The van der Waals surface area contributed by atoms with Crippen molar-refractivity contribution in [3.8, 4) is 17.4 Å². The van der Waals surface area contributed by atoms with Crippen LogP contribution in [0.3, 0.4) is 0 Å². The van der Waals surface area contributed by atoms with E-state index >= 15 is 0 Å². The van der Waals surface area contributed by atoms with E-state index in [0.717, 1.165) is 5.52 Å². The summed E-state index contributed by atoms with van der Waals surface area (Å²) in [5.41, 5.74) is 0.655. The molecule has 0 fully saturated rings. The van der Waals surface area contributed by atoms with Crippen LogP contribution >= 0.6 is 0 Å². The number of hydrogen-bond donors (Lipinski definition) is 3. The van der Waals surface area contributed by atoms with Gasteiger partial charge in [-0.15, -0.1) is 0 Å². The molecular formula is C24H22N4O5. The summed E-state index contributed by atoms with van der Waals surface area (Å²) in [6.07, 6.45) is 1.88. The van der Waals surface area contributed by atoms with E-state index in [0.29, 0.717) is 17.8 Å². The van der Waals surface area contributed by atoms with Gasteiger partial charge in [-0.05, 0) is 44.2 Å². The maximum atomic E-state index is 13.0. The van der Waals surface area contributed by atoms with Gasteiger partial charge in [0.05, 0.1) is 28.7 Å². The number of benzene rings is 2. The first kappa shape index (κ1) is 22.0. The van der Waals surface area contributed by atoms with E-state index in [2.05, 4.69) is 15.3 Å². The quantitative estimate of drug-likeness (QED) is 0.369. The third-order valence-electron chi connectivity index (χ3n) is 4.80. The number of rotatable bonds is 7. The number of carbonyl (C=O) groups excluding carboxylic acids is 2. The van der Waals surface area contributed by atoms with Crippen molar-refractivity contribution in [1.82, 2.24) is 14.5 Å². The molecule has 2 aromatic heterocycles. The van der Waals surface area contributed by atoms with Crippen LogP contribution in [-0.4, -0.2) is 42.5 Å². The second kappa shape index (κ2) is 8.71. The van der Waals surface area contributed by atoms with E-state index in [1.165, 1.54) is 36.5 Å². The number of fused-ring (bicyclic) bond motifs is 1. The molecule has 0 unspecified atom stereocenters. The highest BCUT2D eigenvalue weighted by Crippen LogP contribution is 2.29. The number of nitrogens with zero attached hydrogens (tertiary/aromatic N) is 3. The number of imidazole rings is 1. The van der Waals surface area contributed by atoms with Gasteiger partial charge in [0.25, 0.3) is 5.91 Å². The van der Waals surface area contributed by atoms with Crippen LogP contribution in [0.2, 0.25) is 0 Å². The van der Waals surface area contributed by atoms with Crippen LogP contribution < -0.4 is 10.1 Å². The van der Waals surface area contributed by atoms with E-state index < -0.39 is 11.5 Å². The van der Waals surface area contributed by atoms with Gasteiger partial charge >= 0.3 is 0 Å². The summed E-state index contributed by atoms with van der Waals surface area (Å²) in [6.45, 7) is 3.57. The summed E-state index contributed by atoms with van der Waals surface area (Å²) in [5, 5.41) is 22.9. The predicted molar refractivity (Wildman–Crippen MR) is 122 cm³/mol. The third-order valence-corrected chi connectivity index (χ3v) is 4.80. The molecular weight excluding hydrogens is 424 g/mol. The zero-order valence-electron chi connectivity index (χ0n) is 18.0. The first-order chi connectivity index (χ1) is 15.7. The monoisotopic (exact) mass is 446 g/mol. The van der Waals surface area contributed by atoms with Crippen molar-refractivity contribution in [2.75, 3.05) is 5.32 Å². The number of phenolic OH excluding ortho intramolecular Hbond substituents is 1. The Bertz CT molecular complexity index is 1340. The molecule has 4 rings (SSSR count). The Kier molecular flexibility index (Phi) is 5.80. The van der Waals surface area contributed by atoms with Gasteiger partial charge in [-0.1, -0.05) is 18.2 Å². The fourth-order valence-corrected chi connectivity index (χ4v) is 3.35. The van der Waals surface area contributed by atoms with E-state index in [1.54, 1.807) is 18.4 Å². The molecule has 0 saturated heterocycles. The van der Waals surface area contributed by atoms with Crippen molar-refractivity contribution in [3.63, 3.8) is 0 Å². The van der Waals surface area contributed by atoms with E-state index in [-0.39, 0.29) is 35.1 Å². The van der Waals surface area contributed by atoms with Crippen molar-refractivity contribution in [3.05, 3.63) is 71.9 Å². The van der Waals surface area contributed by atoms with Crippen molar-refractivity contribution in [2.45, 2.75) is 26.0 Å². The van der Waals surface area contributed by atoms with Crippen LogP contribution in [0.15, 0.2) is 60.8 Å². The first-order valence-electron chi connectivity index (χ1n) is 10.2. The number of carbonyl (C=O) groups is 2. The molecule has 0 saturated carbocycles. The number of nitrogens with one attached hydrogen (secondary N) is 1. The zero-order chi connectivity index (χ0) is 23.6. The van der Waals surface area contributed by atoms with Crippen LogP contribution in [-0.2, 0) is 6.54 Å². The molecule has 0 radical (unpaired) electrons. The van der Waals surface area contributed by atoms with E-state index in [9.17, 15) is 19.8 Å². The van der Waals surface area contributed by atoms with Crippen LogP contribution in [0, 0.1) is 0 Å². The van der Waals surface area contributed by atoms with Gasteiger partial charge in [-0.25, -0.2) is 9.97 Å². The fourth-order valence-electron chi connectivity index (χ4n) is 3.35. The molecule has 1 amide bonds. The van der Waals surface area contributed by atoms with Gasteiger partial charge in [-0.3, -0.25) is 14.9 Å². The number of aromatic nitrogens is 3. The van der Waals surface area contributed by atoms with Crippen molar-refractivity contribution in [1.29, 1.82) is 0 Å². The van der Waals surface area contributed by atoms with Crippen molar-refractivity contribution in [2.24, 2.45) is 0 Å². The summed E-state index contributed by atoms with van der Waals surface area (Å²) in [4.78, 5) is 32.8. The van der Waals surface area contributed by atoms with Crippen LogP contribution in [0.5, 0.6) is 17.4 Å². The van der Waals surface area contributed by atoms with Crippen LogP contribution in [0.25, 0.3) is 11.0 Å². The number of aromatic hydroxyl groups is 1. The molecule has 0 spiro atoms. The van der Waals surface area contributed by atoms with Crippen LogP contribution in [0.1, 0.15) is 34.6 Å². The van der Waals surface area contributed by atoms with E-state index in [1.807, 2.05) is 24.3 Å². The second-order valence-corrected chi connectivity index (χ2v) is 8.07. The van der Waals surface area contributed by atoms with Gasteiger partial charge in [0, 0.05) is 17.8 Å². The second-order valence-electron chi connectivity index (χ2n) is 8.07. The van der Waals surface area contributed by atoms with Gasteiger partial charge in [0.15, 0.2) is 6.29 Å². The molecule has 33 heavy (non-hydrogen) atoms. The highest BCUT2D eigenvalue weighted by Gasteiger charge is 2.21. The van der Waals surface area contributed by atoms with Crippen LogP contribution in [0.4, 0.5) is 5.95 Å². The minimum atomic E-state index is -1.03. The third kappa shape index (κ3) is 4.83. The topological polar surface area (TPSA) is 127 Å². The molecule has 4 aromatic rings. The molecule has 0 bridgehead atoms. The summed E-state index contributed by atoms with van der Waals surface area (Å²) < 4.78 is 7.37. The number of aliphatic hydroxyl groups is 1. The lowest BCUT2D eigenvalue weighted by molar-refractivity contribution is 0.0630. The van der Waals surface area contributed by atoms with Crippen molar-refractivity contribution >= 4 is 29.2 Å². The number of aldehydes is 1. The molecule has 3 N–H and O–H groups in total. The van der Waals surface area contributed by atoms with Gasteiger partial charge < -0.3 is 19.5 Å². The van der Waals surface area contributed by atoms with Gasteiger partial charge in [0.1, 0.15) is 11.5 Å². The smallest absolute Gasteiger partial charge is 0.258 e. The van der Waals surface area contributed by atoms with Gasteiger partial charge in [-0.2, -0.15) is 0 Å². The molecule has 0 aliphatic heterocycles. The van der Waals surface area contributed by atoms with E-state index in [4.69, 9.17) is 4.74 Å². The number of amides is 1. The standard InChI is InChI=1S/C24H22N4O5/c1-24(2,32)14-28-18-7-4-3-6-17(18)26-23(28)27-22(31)15-10-11-25-21(12-15)33-20-9-5-8-19(30)16(20)13-29/h3-13,30,32H,14H2,1-2H3,(H,26,27,31). The van der Waals surface area contributed by atoms with Gasteiger partial charge in [0.2, 0.25) is 11.8 Å². The Balaban J connectivity index is 1.62. The molecule has 168 valence electrons. The molecule has 2 aromatic carbocycles. The Labute approximate surface area is 189 Å². The molecule has 0 atom stereocenters. The first-order valence-corrected chi connectivity index (χ1v) is 10.2. The number of anilines is 1. The number of para-hydroxylation sites is 2. The summed E-state index contributed by atoms with van der Waals surface area (Å²) in [5.74, 6) is -0.203. The molecule has 9 heteroatoms. The Morgan fingerprint density at radius 2 is 1.97 bits per heavy atom. The lowest BCUT2D eigenvalue weighted by Crippen LogP contribution is -2.27.